The summed E-state index contributed by atoms with van der Waals surface area (Å²) in [5.74, 6) is 0.256. The second-order valence-electron chi connectivity index (χ2n) is 5.69. The Hall–Kier alpha value is -2.97. The van der Waals surface area contributed by atoms with E-state index in [1.165, 1.54) is 23.9 Å². The van der Waals surface area contributed by atoms with Crippen LogP contribution in [0.1, 0.15) is 0 Å². The van der Waals surface area contributed by atoms with Crippen LogP contribution in [-0.2, 0) is 16.6 Å². The van der Waals surface area contributed by atoms with Crippen molar-refractivity contribution in [3.8, 4) is 17.0 Å². The summed E-state index contributed by atoms with van der Waals surface area (Å²) in [6.07, 6.45) is 0. The van der Waals surface area contributed by atoms with Crippen molar-refractivity contribution in [2.24, 2.45) is 0 Å². The molecule has 0 saturated carbocycles. The smallest absolute Gasteiger partial charge is 0.266 e. The molecule has 0 atom stereocenters. The molecule has 0 spiro atoms. The molecule has 0 unspecified atom stereocenters. The third kappa shape index (κ3) is 4.42. The zero-order valence-corrected chi connectivity index (χ0v) is 15.5. The Balaban J connectivity index is 1.75. The van der Waals surface area contributed by atoms with Gasteiger partial charge in [0.25, 0.3) is 5.56 Å². The molecule has 2 aromatic carbocycles. The molecule has 8 heteroatoms. The number of aromatic nitrogens is 2. The summed E-state index contributed by atoms with van der Waals surface area (Å²) in [6, 6.07) is 18.8. The maximum Gasteiger partial charge on any atom is 0.266 e. The lowest BCUT2D eigenvalue weighted by atomic mass is 10.1. The van der Waals surface area contributed by atoms with Crippen molar-refractivity contribution >= 4 is 10.0 Å². The van der Waals surface area contributed by atoms with Crippen molar-refractivity contribution in [3.63, 3.8) is 0 Å². The molecule has 0 radical (unpaired) electrons. The first-order chi connectivity index (χ1) is 13.0. The number of methoxy groups -OCH3 is 1. The maximum atomic E-state index is 12.5. The van der Waals surface area contributed by atoms with Gasteiger partial charge in [0.15, 0.2) is 0 Å². The first-order valence-corrected chi connectivity index (χ1v) is 9.76. The Morgan fingerprint density at radius 3 is 2.44 bits per heavy atom. The molecule has 0 saturated heterocycles. The standard InChI is InChI=1S/C19H19N3O4S/c1-26-17-9-5-6-10-18(17)27(24,25)20-13-14-22-19(23)12-11-16(21-22)15-7-3-2-4-8-15/h2-12,20H,13-14H2,1H3. The molecule has 3 rings (SSSR count). The van der Waals surface area contributed by atoms with Crippen LogP contribution in [0.2, 0.25) is 0 Å². The fraction of sp³-hybridized carbons (Fsp3) is 0.158. The van der Waals surface area contributed by atoms with Crippen molar-refractivity contribution in [1.82, 2.24) is 14.5 Å². The van der Waals surface area contributed by atoms with E-state index in [0.29, 0.717) is 5.69 Å². The molecule has 140 valence electrons. The lowest BCUT2D eigenvalue weighted by molar-refractivity contribution is 0.402. The summed E-state index contributed by atoms with van der Waals surface area (Å²) >= 11 is 0. The molecule has 0 aliphatic rings. The second-order valence-corrected chi connectivity index (χ2v) is 7.43. The summed E-state index contributed by atoms with van der Waals surface area (Å²) in [6.45, 7) is 0.124. The van der Waals surface area contributed by atoms with Crippen molar-refractivity contribution < 1.29 is 13.2 Å². The topological polar surface area (TPSA) is 90.3 Å². The normalized spacial score (nSPS) is 11.3. The lowest BCUT2D eigenvalue weighted by Gasteiger charge is -2.11. The second kappa shape index (κ2) is 8.15. The summed E-state index contributed by atoms with van der Waals surface area (Å²) in [4.78, 5) is 12.1. The summed E-state index contributed by atoms with van der Waals surface area (Å²) in [5, 5.41) is 4.31. The SMILES string of the molecule is COc1ccccc1S(=O)(=O)NCCn1nc(-c2ccccc2)ccc1=O. The maximum absolute atomic E-state index is 12.5. The first-order valence-electron chi connectivity index (χ1n) is 8.27. The molecular formula is C19H19N3O4S. The van der Waals surface area contributed by atoms with Gasteiger partial charge in [0.05, 0.1) is 19.3 Å². The van der Waals surface area contributed by atoms with E-state index >= 15 is 0 Å². The quantitative estimate of drug-likeness (QED) is 0.671. The van der Waals surface area contributed by atoms with E-state index in [1.807, 2.05) is 30.3 Å². The number of para-hydroxylation sites is 1. The van der Waals surface area contributed by atoms with Crippen LogP contribution in [0, 0.1) is 0 Å². The van der Waals surface area contributed by atoms with Crippen LogP contribution in [0.3, 0.4) is 0 Å². The van der Waals surface area contributed by atoms with Crippen molar-refractivity contribution in [2.75, 3.05) is 13.7 Å². The van der Waals surface area contributed by atoms with Crippen LogP contribution in [-0.4, -0.2) is 31.9 Å². The van der Waals surface area contributed by atoms with E-state index in [-0.39, 0.29) is 29.3 Å². The molecule has 1 aromatic heterocycles. The van der Waals surface area contributed by atoms with Gasteiger partial charge in [0.1, 0.15) is 10.6 Å². The fourth-order valence-electron chi connectivity index (χ4n) is 2.58. The molecule has 3 aromatic rings. The number of sulfonamides is 1. The lowest BCUT2D eigenvalue weighted by Crippen LogP contribution is -2.32. The van der Waals surface area contributed by atoms with Crippen LogP contribution in [0.5, 0.6) is 5.75 Å². The zero-order chi connectivity index (χ0) is 19.3. The van der Waals surface area contributed by atoms with Crippen molar-refractivity contribution in [3.05, 3.63) is 77.1 Å². The Labute approximate surface area is 157 Å². The van der Waals surface area contributed by atoms with Crippen molar-refractivity contribution in [1.29, 1.82) is 0 Å². The monoisotopic (exact) mass is 385 g/mol. The average molecular weight is 385 g/mol. The van der Waals surface area contributed by atoms with E-state index < -0.39 is 10.0 Å². The number of nitrogens with zero attached hydrogens (tertiary/aromatic N) is 2. The summed E-state index contributed by atoms with van der Waals surface area (Å²) < 4.78 is 33.8. The summed E-state index contributed by atoms with van der Waals surface area (Å²) in [7, 11) is -2.36. The fourth-order valence-corrected chi connectivity index (χ4v) is 3.77. The minimum absolute atomic E-state index is 0.0194. The van der Waals surface area contributed by atoms with E-state index in [4.69, 9.17) is 4.74 Å². The molecule has 27 heavy (non-hydrogen) atoms. The van der Waals surface area contributed by atoms with Gasteiger partial charge in [-0.15, -0.1) is 0 Å². The van der Waals surface area contributed by atoms with Gasteiger partial charge in [-0.1, -0.05) is 42.5 Å². The third-order valence-corrected chi connectivity index (χ3v) is 5.41. The van der Waals surface area contributed by atoms with Crippen LogP contribution >= 0.6 is 0 Å². The number of hydrogen-bond acceptors (Lipinski definition) is 5. The molecule has 1 N–H and O–H groups in total. The minimum Gasteiger partial charge on any atom is -0.495 e. The van der Waals surface area contributed by atoms with E-state index in [9.17, 15) is 13.2 Å². The number of hydrogen-bond donors (Lipinski definition) is 1. The molecule has 0 bridgehead atoms. The van der Waals surface area contributed by atoms with Crippen LogP contribution in [0.4, 0.5) is 0 Å². The van der Waals surface area contributed by atoms with Gasteiger partial charge in [-0.3, -0.25) is 4.79 Å². The predicted molar refractivity (Wildman–Crippen MR) is 102 cm³/mol. The van der Waals surface area contributed by atoms with E-state index in [0.717, 1.165) is 5.56 Å². The van der Waals surface area contributed by atoms with Gasteiger partial charge in [0, 0.05) is 18.2 Å². The highest BCUT2D eigenvalue weighted by Gasteiger charge is 2.18. The Morgan fingerprint density at radius 2 is 1.70 bits per heavy atom. The van der Waals surface area contributed by atoms with E-state index in [1.54, 1.807) is 24.3 Å². The van der Waals surface area contributed by atoms with Crippen LogP contribution < -0.4 is 15.0 Å². The molecule has 0 amide bonds. The highest BCUT2D eigenvalue weighted by molar-refractivity contribution is 7.89. The molecule has 0 aliphatic heterocycles. The molecule has 0 fully saturated rings. The third-order valence-electron chi connectivity index (χ3n) is 3.91. The van der Waals surface area contributed by atoms with Crippen LogP contribution in [0.15, 0.2) is 76.4 Å². The van der Waals surface area contributed by atoms with Gasteiger partial charge in [0.2, 0.25) is 10.0 Å². The molecule has 1 heterocycles. The Kier molecular flexibility index (Phi) is 5.68. The first kappa shape index (κ1) is 18.8. The highest BCUT2D eigenvalue weighted by Crippen LogP contribution is 2.22. The zero-order valence-electron chi connectivity index (χ0n) is 14.7. The largest absolute Gasteiger partial charge is 0.495 e. The van der Waals surface area contributed by atoms with Gasteiger partial charge >= 0.3 is 0 Å². The Bertz CT molecular complexity index is 1080. The average Bonchev–Trinajstić information content (AvgIpc) is 2.70. The number of nitrogens with one attached hydrogen (secondary N) is 1. The van der Waals surface area contributed by atoms with Gasteiger partial charge in [-0.05, 0) is 18.2 Å². The van der Waals surface area contributed by atoms with E-state index in [2.05, 4.69) is 9.82 Å². The Morgan fingerprint density at radius 1 is 1.00 bits per heavy atom. The number of rotatable bonds is 7. The highest BCUT2D eigenvalue weighted by atomic mass is 32.2. The minimum atomic E-state index is -3.77. The summed E-state index contributed by atoms with van der Waals surface area (Å²) in [5.41, 5.74) is 1.22. The van der Waals surface area contributed by atoms with Crippen molar-refractivity contribution in [2.45, 2.75) is 11.4 Å². The molecular weight excluding hydrogens is 366 g/mol. The van der Waals surface area contributed by atoms with Crippen LogP contribution in [0.25, 0.3) is 11.3 Å². The molecule has 0 aliphatic carbocycles. The van der Waals surface area contributed by atoms with Gasteiger partial charge in [-0.25, -0.2) is 17.8 Å². The predicted octanol–water partition coefficient (Wildman–Crippen LogP) is 1.90. The van der Waals surface area contributed by atoms with Gasteiger partial charge in [-0.2, -0.15) is 5.10 Å². The molecule has 7 nitrogen and oxygen atoms in total. The number of benzene rings is 2. The van der Waals surface area contributed by atoms with Gasteiger partial charge < -0.3 is 4.74 Å². The number of ether oxygens (including phenoxy) is 1.